The average Bonchev–Trinajstić information content (AvgIpc) is 2.91. The lowest BCUT2D eigenvalue weighted by Crippen LogP contribution is -2.53. The molecule has 0 unspecified atom stereocenters. The van der Waals surface area contributed by atoms with E-state index in [1.165, 1.54) is 0 Å². The molecule has 0 saturated carbocycles. The normalized spacial score (nSPS) is 13.4. The highest BCUT2D eigenvalue weighted by Gasteiger charge is 2.29. The van der Waals surface area contributed by atoms with E-state index in [1.807, 2.05) is 54.6 Å². The summed E-state index contributed by atoms with van der Waals surface area (Å²) >= 11 is 0. The molecule has 4 rings (SSSR count). The van der Waals surface area contributed by atoms with Gasteiger partial charge in [-0.25, -0.2) is 0 Å². The number of para-hydroxylation sites is 3. The van der Waals surface area contributed by atoms with Crippen molar-refractivity contribution in [2.24, 2.45) is 5.73 Å². The van der Waals surface area contributed by atoms with Crippen LogP contribution in [-0.4, -0.2) is 72.2 Å². The van der Waals surface area contributed by atoms with Crippen molar-refractivity contribution in [1.29, 1.82) is 0 Å². The quantitative estimate of drug-likeness (QED) is 0.490. The standard InChI is InChI=1S/C21H21BO3.C6H15N3/c1-23-19-13-7-4-10-16(19)22(17-11-5-8-14-20(17)24-2)18-12-6-9-15-21(18)25-3;7-1-4-9-5-2-8-3-6-9/h4-15H,1-3H3;8H,1-7H2. The van der Waals surface area contributed by atoms with Gasteiger partial charge in [0.25, 0.3) is 6.71 Å². The van der Waals surface area contributed by atoms with Crippen molar-refractivity contribution >= 4 is 23.1 Å². The topological polar surface area (TPSA) is 69.0 Å². The van der Waals surface area contributed by atoms with Gasteiger partial charge in [0.1, 0.15) is 17.2 Å². The summed E-state index contributed by atoms with van der Waals surface area (Å²) in [5.41, 5.74) is 8.60. The number of nitrogens with two attached hydrogens (primary N) is 1. The van der Waals surface area contributed by atoms with Crippen molar-refractivity contribution < 1.29 is 14.2 Å². The highest BCUT2D eigenvalue weighted by atomic mass is 16.5. The molecule has 0 bridgehead atoms. The third-order valence-electron chi connectivity index (χ3n) is 6.00. The lowest BCUT2D eigenvalue weighted by molar-refractivity contribution is 0.247. The second kappa shape index (κ2) is 13.6. The van der Waals surface area contributed by atoms with Gasteiger partial charge in [-0.3, -0.25) is 4.90 Å². The first-order chi connectivity index (χ1) is 16.7. The van der Waals surface area contributed by atoms with Crippen molar-refractivity contribution in [2.75, 3.05) is 60.6 Å². The Labute approximate surface area is 204 Å². The molecule has 0 atom stereocenters. The highest BCUT2D eigenvalue weighted by molar-refractivity contribution is 6.97. The lowest BCUT2D eigenvalue weighted by Gasteiger charge is -2.26. The predicted molar refractivity (Wildman–Crippen MR) is 142 cm³/mol. The number of methoxy groups -OCH3 is 3. The van der Waals surface area contributed by atoms with Gasteiger partial charge in [-0.05, 0) is 34.6 Å². The first-order valence-corrected chi connectivity index (χ1v) is 11.7. The molecule has 7 heteroatoms. The van der Waals surface area contributed by atoms with E-state index in [4.69, 9.17) is 19.9 Å². The summed E-state index contributed by atoms with van der Waals surface area (Å²) in [5, 5.41) is 3.29. The lowest BCUT2D eigenvalue weighted by atomic mass is 9.36. The summed E-state index contributed by atoms with van der Waals surface area (Å²) in [6, 6.07) is 24.2. The Kier molecular flexibility index (Phi) is 10.3. The molecule has 180 valence electrons. The van der Waals surface area contributed by atoms with E-state index in [0.29, 0.717) is 0 Å². The van der Waals surface area contributed by atoms with E-state index >= 15 is 0 Å². The number of nitrogens with one attached hydrogen (secondary N) is 1. The Hall–Kier alpha value is -3.00. The molecule has 6 nitrogen and oxygen atoms in total. The van der Waals surface area contributed by atoms with Gasteiger partial charge in [-0.1, -0.05) is 54.6 Å². The fourth-order valence-corrected chi connectivity index (χ4v) is 4.33. The Bertz CT molecular complexity index is 896. The van der Waals surface area contributed by atoms with Gasteiger partial charge in [-0.15, -0.1) is 0 Å². The van der Waals surface area contributed by atoms with E-state index in [2.05, 4.69) is 28.4 Å². The summed E-state index contributed by atoms with van der Waals surface area (Å²) in [7, 11) is 5.08. The van der Waals surface area contributed by atoms with Gasteiger partial charge in [0.05, 0.1) is 21.3 Å². The van der Waals surface area contributed by atoms with Gasteiger partial charge in [-0.2, -0.15) is 0 Å². The minimum atomic E-state index is -0.0663. The van der Waals surface area contributed by atoms with E-state index in [1.54, 1.807) is 21.3 Å². The maximum atomic E-state index is 5.63. The number of piperazine rings is 1. The number of rotatable bonds is 8. The maximum absolute atomic E-state index is 5.63. The van der Waals surface area contributed by atoms with E-state index in [0.717, 1.165) is 72.9 Å². The molecular weight excluding hydrogens is 425 g/mol. The number of ether oxygens (including phenoxy) is 3. The number of hydrogen-bond donors (Lipinski definition) is 2. The molecule has 1 saturated heterocycles. The Balaban J connectivity index is 0.000000302. The molecule has 1 heterocycles. The molecule has 34 heavy (non-hydrogen) atoms. The molecule has 1 fully saturated rings. The molecule has 1 aliphatic heterocycles. The largest absolute Gasteiger partial charge is 0.497 e. The van der Waals surface area contributed by atoms with Crippen LogP contribution in [0.2, 0.25) is 0 Å². The van der Waals surface area contributed by atoms with Crippen molar-refractivity contribution in [2.45, 2.75) is 0 Å². The monoisotopic (exact) mass is 461 g/mol. The Morgan fingerprint density at radius 1 is 0.706 bits per heavy atom. The number of nitrogens with zero attached hydrogens (tertiary/aromatic N) is 1. The van der Waals surface area contributed by atoms with Crippen LogP contribution in [0.1, 0.15) is 0 Å². The molecule has 0 amide bonds. The van der Waals surface area contributed by atoms with Crippen LogP contribution in [-0.2, 0) is 0 Å². The molecule has 0 spiro atoms. The minimum Gasteiger partial charge on any atom is -0.497 e. The van der Waals surface area contributed by atoms with E-state index < -0.39 is 0 Å². The van der Waals surface area contributed by atoms with Gasteiger partial charge in [0, 0.05) is 39.3 Å². The zero-order valence-electron chi connectivity index (χ0n) is 20.5. The van der Waals surface area contributed by atoms with Crippen molar-refractivity contribution in [3.8, 4) is 17.2 Å². The first-order valence-electron chi connectivity index (χ1n) is 11.7. The molecule has 0 radical (unpaired) electrons. The smallest absolute Gasteiger partial charge is 0.255 e. The van der Waals surface area contributed by atoms with Gasteiger partial charge in [0.2, 0.25) is 0 Å². The van der Waals surface area contributed by atoms with Crippen LogP contribution in [0.4, 0.5) is 0 Å². The van der Waals surface area contributed by atoms with Crippen LogP contribution in [0, 0.1) is 0 Å². The van der Waals surface area contributed by atoms with Crippen molar-refractivity contribution in [1.82, 2.24) is 10.2 Å². The van der Waals surface area contributed by atoms with E-state index in [-0.39, 0.29) is 6.71 Å². The third kappa shape index (κ3) is 6.53. The molecule has 3 aromatic carbocycles. The molecule has 0 aromatic heterocycles. The van der Waals surface area contributed by atoms with Crippen LogP contribution < -0.4 is 41.6 Å². The van der Waals surface area contributed by atoms with Crippen molar-refractivity contribution in [3.05, 3.63) is 72.8 Å². The summed E-state index contributed by atoms with van der Waals surface area (Å²) in [6.07, 6.45) is 0. The summed E-state index contributed by atoms with van der Waals surface area (Å²) in [5.74, 6) is 2.51. The summed E-state index contributed by atoms with van der Waals surface area (Å²) < 4.78 is 16.9. The van der Waals surface area contributed by atoms with Crippen LogP contribution >= 0.6 is 0 Å². The van der Waals surface area contributed by atoms with Crippen LogP contribution in [0.5, 0.6) is 17.2 Å². The van der Waals surface area contributed by atoms with Crippen LogP contribution in [0.15, 0.2) is 72.8 Å². The summed E-state index contributed by atoms with van der Waals surface area (Å²) in [6.45, 7) is 6.36. The van der Waals surface area contributed by atoms with Crippen molar-refractivity contribution in [3.63, 3.8) is 0 Å². The van der Waals surface area contributed by atoms with Gasteiger partial charge < -0.3 is 25.3 Å². The summed E-state index contributed by atoms with van der Waals surface area (Å²) in [4.78, 5) is 2.39. The van der Waals surface area contributed by atoms with Gasteiger partial charge in [0.15, 0.2) is 0 Å². The SMILES string of the molecule is COc1ccccc1B(c1ccccc1OC)c1ccccc1OC.NCCN1CCNCC1. The maximum Gasteiger partial charge on any atom is 0.255 e. The Morgan fingerprint density at radius 3 is 1.44 bits per heavy atom. The zero-order chi connectivity index (χ0) is 24.2. The fourth-order valence-electron chi connectivity index (χ4n) is 4.33. The van der Waals surface area contributed by atoms with Gasteiger partial charge >= 0.3 is 0 Å². The molecule has 1 aliphatic rings. The number of benzene rings is 3. The highest BCUT2D eigenvalue weighted by Crippen LogP contribution is 2.16. The minimum absolute atomic E-state index is 0.0663. The predicted octanol–water partition coefficient (Wildman–Crippen LogP) is 1.08. The molecule has 3 N–H and O–H groups in total. The second-order valence-corrected chi connectivity index (χ2v) is 8.04. The van der Waals surface area contributed by atoms with E-state index in [9.17, 15) is 0 Å². The average molecular weight is 461 g/mol. The van der Waals surface area contributed by atoms with Crippen LogP contribution in [0.3, 0.4) is 0 Å². The number of hydrogen-bond acceptors (Lipinski definition) is 6. The third-order valence-corrected chi connectivity index (χ3v) is 6.00. The zero-order valence-corrected chi connectivity index (χ0v) is 20.5. The molecular formula is C27H36BN3O3. The fraction of sp³-hybridized carbons (Fsp3) is 0.333. The first kappa shape index (κ1) is 25.6. The Morgan fingerprint density at radius 2 is 1.09 bits per heavy atom. The van der Waals surface area contributed by atoms with Crippen LogP contribution in [0.25, 0.3) is 0 Å². The second-order valence-electron chi connectivity index (χ2n) is 8.04. The molecule has 0 aliphatic carbocycles. The molecule has 3 aromatic rings.